The van der Waals surface area contributed by atoms with Crippen molar-refractivity contribution in [3.8, 4) is 0 Å². The minimum Gasteiger partial charge on any atom is -0.318 e. The fourth-order valence-electron chi connectivity index (χ4n) is 2.64. The van der Waals surface area contributed by atoms with Crippen molar-refractivity contribution in [2.75, 3.05) is 20.1 Å². The standard InChI is InChI=1S/C13H24N4.ClH/c1-3-6-17-11-12(8-15-17)10-16-7-4-5-13(16)9-14-2;/h8,11,13-14H,3-7,9-10H2,1-2H3;1H. The summed E-state index contributed by atoms with van der Waals surface area (Å²) < 4.78 is 2.05. The Balaban J connectivity index is 0.00000162. The number of likely N-dealkylation sites (tertiary alicyclic amines) is 1. The van der Waals surface area contributed by atoms with E-state index < -0.39 is 0 Å². The number of aromatic nitrogens is 2. The molecule has 1 atom stereocenters. The van der Waals surface area contributed by atoms with E-state index in [1.54, 1.807) is 0 Å². The molecule has 0 amide bonds. The van der Waals surface area contributed by atoms with E-state index in [-0.39, 0.29) is 12.4 Å². The largest absolute Gasteiger partial charge is 0.318 e. The van der Waals surface area contributed by atoms with E-state index in [1.165, 1.54) is 24.9 Å². The van der Waals surface area contributed by atoms with Crippen molar-refractivity contribution in [3.05, 3.63) is 18.0 Å². The Bertz CT molecular complexity index is 339. The van der Waals surface area contributed by atoms with Crippen LogP contribution in [0.1, 0.15) is 31.7 Å². The first-order chi connectivity index (χ1) is 8.33. The van der Waals surface area contributed by atoms with Crippen molar-refractivity contribution in [1.29, 1.82) is 0 Å². The number of nitrogens with zero attached hydrogens (tertiary/aromatic N) is 3. The number of likely N-dealkylation sites (N-methyl/N-ethyl adjacent to an activating group) is 1. The van der Waals surface area contributed by atoms with E-state index in [0.717, 1.165) is 26.1 Å². The molecule has 1 unspecified atom stereocenters. The Morgan fingerprint density at radius 1 is 1.50 bits per heavy atom. The van der Waals surface area contributed by atoms with Gasteiger partial charge in [-0.25, -0.2) is 0 Å². The minimum atomic E-state index is 0. The molecule has 1 saturated heterocycles. The van der Waals surface area contributed by atoms with Crippen molar-refractivity contribution >= 4 is 12.4 Å². The van der Waals surface area contributed by atoms with E-state index >= 15 is 0 Å². The van der Waals surface area contributed by atoms with Crippen LogP contribution in [0.25, 0.3) is 0 Å². The van der Waals surface area contributed by atoms with Gasteiger partial charge >= 0.3 is 0 Å². The average molecular weight is 273 g/mol. The molecule has 0 radical (unpaired) electrons. The van der Waals surface area contributed by atoms with Crippen LogP contribution in [0.4, 0.5) is 0 Å². The molecule has 104 valence electrons. The first kappa shape index (κ1) is 15.5. The maximum absolute atomic E-state index is 4.39. The van der Waals surface area contributed by atoms with Gasteiger partial charge in [0.2, 0.25) is 0 Å². The maximum atomic E-state index is 4.39. The number of halogens is 1. The van der Waals surface area contributed by atoms with Gasteiger partial charge in [0.15, 0.2) is 0 Å². The molecule has 0 aromatic carbocycles. The topological polar surface area (TPSA) is 33.1 Å². The Morgan fingerprint density at radius 2 is 2.33 bits per heavy atom. The summed E-state index contributed by atoms with van der Waals surface area (Å²) in [5.41, 5.74) is 1.35. The molecule has 0 spiro atoms. The van der Waals surface area contributed by atoms with Crippen molar-refractivity contribution < 1.29 is 0 Å². The molecule has 2 rings (SSSR count). The summed E-state index contributed by atoms with van der Waals surface area (Å²) in [6, 6.07) is 0.703. The van der Waals surface area contributed by atoms with Gasteiger partial charge in [0, 0.05) is 37.4 Å². The molecule has 4 nitrogen and oxygen atoms in total. The Kier molecular flexibility index (Phi) is 6.68. The van der Waals surface area contributed by atoms with Gasteiger partial charge in [0.05, 0.1) is 6.20 Å². The van der Waals surface area contributed by atoms with Crippen LogP contribution in [0.2, 0.25) is 0 Å². The van der Waals surface area contributed by atoms with Crippen molar-refractivity contribution in [1.82, 2.24) is 20.0 Å². The van der Waals surface area contributed by atoms with Crippen LogP contribution in [-0.4, -0.2) is 40.9 Å². The predicted octanol–water partition coefficient (Wildman–Crippen LogP) is 1.90. The highest BCUT2D eigenvalue weighted by Gasteiger charge is 2.23. The molecule has 1 N–H and O–H groups in total. The lowest BCUT2D eigenvalue weighted by Crippen LogP contribution is -2.36. The molecule has 1 aromatic heterocycles. The zero-order valence-corrected chi connectivity index (χ0v) is 12.2. The Morgan fingerprint density at radius 3 is 3.06 bits per heavy atom. The smallest absolute Gasteiger partial charge is 0.0534 e. The van der Waals surface area contributed by atoms with Crippen molar-refractivity contribution in [3.63, 3.8) is 0 Å². The summed E-state index contributed by atoms with van der Waals surface area (Å²) in [5.74, 6) is 0. The molecule has 5 heteroatoms. The molecule has 1 aliphatic heterocycles. The predicted molar refractivity (Wildman–Crippen MR) is 77.1 cm³/mol. The van der Waals surface area contributed by atoms with E-state index in [9.17, 15) is 0 Å². The quantitative estimate of drug-likeness (QED) is 0.859. The van der Waals surface area contributed by atoms with Crippen molar-refractivity contribution in [2.24, 2.45) is 0 Å². The fraction of sp³-hybridized carbons (Fsp3) is 0.769. The monoisotopic (exact) mass is 272 g/mol. The lowest BCUT2D eigenvalue weighted by atomic mass is 10.2. The number of hydrogen-bond acceptors (Lipinski definition) is 3. The van der Waals surface area contributed by atoms with E-state index in [0.29, 0.717) is 6.04 Å². The highest BCUT2D eigenvalue weighted by atomic mass is 35.5. The summed E-state index contributed by atoms with van der Waals surface area (Å²) in [5, 5.41) is 7.68. The highest BCUT2D eigenvalue weighted by Crippen LogP contribution is 2.19. The maximum Gasteiger partial charge on any atom is 0.0534 e. The normalized spacial score (nSPS) is 20.0. The molecule has 0 bridgehead atoms. The molecule has 2 heterocycles. The number of nitrogens with one attached hydrogen (secondary N) is 1. The number of aryl methyl sites for hydroxylation is 1. The van der Waals surface area contributed by atoms with Crippen molar-refractivity contribution in [2.45, 2.75) is 45.3 Å². The molecule has 1 fully saturated rings. The van der Waals surface area contributed by atoms with E-state index in [1.807, 2.05) is 13.2 Å². The SMILES string of the molecule is CCCn1cc(CN2CCCC2CNC)cn1.Cl. The molecular weight excluding hydrogens is 248 g/mol. The van der Waals surface area contributed by atoms with Crippen LogP contribution >= 0.6 is 12.4 Å². The van der Waals surface area contributed by atoms with Crippen LogP contribution in [0.5, 0.6) is 0 Å². The summed E-state index contributed by atoms with van der Waals surface area (Å²) in [6.45, 7) is 6.59. The van der Waals surface area contributed by atoms with Crippen LogP contribution in [0, 0.1) is 0 Å². The highest BCUT2D eigenvalue weighted by molar-refractivity contribution is 5.85. The lowest BCUT2D eigenvalue weighted by molar-refractivity contribution is 0.242. The molecule has 1 aromatic rings. The number of hydrogen-bond donors (Lipinski definition) is 1. The van der Waals surface area contributed by atoms with Crippen LogP contribution in [0.15, 0.2) is 12.4 Å². The van der Waals surface area contributed by atoms with E-state index in [2.05, 4.69) is 33.1 Å². The third kappa shape index (κ3) is 3.97. The zero-order chi connectivity index (χ0) is 12.1. The third-order valence-electron chi connectivity index (χ3n) is 3.46. The molecule has 18 heavy (non-hydrogen) atoms. The second-order valence-electron chi connectivity index (χ2n) is 4.94. The van der Waals surface area contributed by atoms with Gasteiger partial charge in [-0.15, -0.1) is 12.4 Å². The Labute approximate surface area is 116 Å². The average Bonchev–Trinajstić information content (AvgIpc) is 2.91. The van der Waals surface area contributed by atoms with Gasteiger partial charge in [-0.1, -0.05) is 6.92 Å². The molecule has 0 saturated carbocycles. The van der Waals surface area contributed by atoms with E-state index in [4.69, 9.17) is 0 Å². The fourth-order valence-corrected chi connectivity index (χ4v) is 2.64. The Hall–Kier alpha value is -0.580. The van der Waals surface area contributed by atoms with Gasteiger partial charge in [-0.3, -0.25) is 9.58 Å². The van der Waals surface area contributed by atoms with Crippen LogP contribution in [-0.2, 0) is 13.1 Å². The summed E-state index contributed by atoms with van der Waals surface area (Å²) in [4.78, 5) is 2.57. The third-order valence-corrected chi connectivity index (χ3v) is 3.46. The zero-order valence-electron chi connectivity index (χ0n) is 11.4. The molecule has 1 aliphatic rings. The van der Waals surface area contributed by atoms with Crippen LogP contribution < -0.4 is 5.32 Å². The first-order valence-electron chi connectivity index (χ1n) is 6.73. The van der Waals surface area contributed by atoms with Gasteiger partial charge in [0.1, 0.15) is 0 Å². The van der Waals surface area contributed by atoms with Gasteiger partial charge < -0.3 is 5.32 Å². The summed E-state index contributed by atoms with van der Waals surface area (Å²) in [6.07, 6.45) is 8.01. The summed E-state index contributed by atoms with van der Waals surface area (Å²) in [7, 11) is 2.04. The first-order valence-corrected chi connectivity index (χ1v) is 6.73. The van der Waals surface area contributed by atoms with Crippen LogP contribution in [0.3, 0.4) is 0 Å². The van der Waals surface area contributed by atoms with Gasteiger partial charge in [0.25, 0.3) is 0 Å². The van der Waals surface area contributed by atoms with Gasteiger partial charge in [-0.2, -0.15) is 5.10 Å². The van der Waals surface area contributed by atoms with Gasteiger partial charge in [-0.05, 0) is 32.9 Å². The summed E-state index contributed by atoms with van der Waals surface area (Å²) >= 11 is 0. The second kappa shape index (κ2) is 7.77. The lowest BCUT2D eigenvalue weighted by Gasteiger charge is -2.23. The minimum absolute atomic E-state index is 0. The second-order valence-corrected chi connectivity index (χ2v) is 4.94. The molecular formula is C13H25ClN4. The molecule has 0 aliphatic carbocycles. The number of rotatable bonds is 6.